The van der Waals surface area contributed by atoms with Crippen LogP contribution < -0.4 is 5.32 Å². The predicted octanol–water partition coefficient (Wildman–Crippen LogP) is 5.08. The van der Waals surface area contributed by atoms with Gasteiger partial charge in [0.1, 0.15) is 5.69 Å². The van der Waals surface area contributed by atoms with Crippen molar-refractivity contribution < 1.29 is 4.79 Å². The molecule has 0 fully saturated rings. The third-order valence-electron chi connectivity index (χ3n) is 3.59. The van der Waals surface area contributed by atoms with Gasteiger partial charge in [0.15, 0.2) is 4.96 Å². The predicted molar refractivity (Wildman–Crippen MR) is 101 cm³/mol. The fourth-order valence-electron chi connectivity index (χ4n) is 2.46. The van der Waals surface area contributed by atoms with E-state index in [1.54, 1.807) is 0 Å². The molecule has 4 rings (SSSR count). The molecule has 0 saturated heterocycles. The minimum Gasteiger partial charge on any atom is -0.321 e. The first kappa shape index (κ1) is 15.1. The lowest BCUT2D eigenvalue weighted by Gasteiger charge is -2.04. The molecule has 0 spiro atoms. The molecule has 0 atom stereocenters. The molecule has 0 unspecified atom stereocenters. The Morgan fingerprint density at radius 1 is 1.12 bits per heavy atom. The normalized spacial score (nSPS) is 10.9. The summed E-state index contributed by atoms with van der Waals surface area (Å²) in [5.74, 6) is -0.156. The molecule has 1 N–H and O–H groups in total. The third-order valence-corrected chi connectivity index (χ3v) is 4.93. The number of carbonyl (C=O) groups is 1. The molecule has 4 aromatic rings. The number of anilines is 1. The van der Waals surface area contributed by atoms with Crippen molar-refractivity contribution >= 4 is 43.8 Å². The third kappa shape index (κ3) is 2.86. The Bertz CT molecular complexity index is 1020. The summed E-state index contributed by atoms with van der Waals surface area (Å²) in [5, 5.41) is 4.74. The summed E-state index contributed by atoms with van der Waals surface area (Å²) in [7, 11) is 0. The topological polar surface area (TPSA) is 46.4 Å². The lowest BCUT2D eigenvalue weighted by molar-refractivity contribution is 0.102. The van der Waals surface area contributed by atoms with E-state index in [1.165, 1.54) is 11.3 Å². The highest BCUT2D eigenvalue weighted by Crippen LogP contribution is 2.24. The fourth-order valence-corrected chi connectivity index (χ4v) is 3.71. The molecule has 4 nitrogen and oxygen atoms in total. The standard InChI is InChI=1S/C18H12BrN3OS/c19-13-7-4-8-14(9-13)20-17(23)16-11-24-18-21-15(10-22(16)18)12-5-2-1-3-6-12/h1-11H,(H,20,23). The van der Waals surface area contributed by atoms with Crippen molar-refractivity contribution in [1.82, 2.24) is 9.38 Å². The van der Waals surface area contributed by atoms with Gasteiger partial charge in [-0.2, -0.15) is 0 Å². The van der Waals surface area contributed by atoms with Crippen LogP contribution in [0.1, 0.15) is 10.5 Å². The molecule has 0 aliphatic carbocycles. The summed E-state index contributed by atoms with van der Waals surface area (Å²) in [5.41, 5.74) is 3.22. The average molecular weight is 398 g/mol. The second kappa shape index (κ2) is 6.22. The van der Waals surface area contributed by atoms with E-state index in [1.807, 2.05) is 70.6 Å². The number of rotatable bonds is 3. The molecule has 24 heavy (non-hydrogen) atoms. The van der Waals surface area contributed by atoms with E-state index in [4.69, 9.17) is 0 Å². The first-order chi connectivity index (χ1) is 11.7. The number of aromatic nitrogens is 2. The minimum atomic E-state index is -0.156. The molecule has 118 valence electrons. The lowest BCUT2D eigenvalue weighted by atomic mass is 10.2. The fraction of sp³-hybridized carbons (Fsp3) is 0. The van der Waals surface area contributed by atoms with Crippen LogP contribution in [0.15, 0.2) is 70.6 Å². The highest BCUT2D eigenvalue weighted by Gasteiger charge is 2.15. The van der Waals surface area contributed by atoms with Crippen LogP contribution in [0, 0.1) is 0 Å². The van der Waals surface area contributed by atoms with Gasteiger partial charge in [-0.05, 0) is 18.2 Å². The van der Waals surface area contributed by atoms with Crippen LogP contribution in [-0.2, 0) is 0 Å². The number of hydrogen-bond acceptors (Lipinski definition) is 3. The number of benzene rings is 2. The van der Waals surface area contributed by atoms with E-state index in [-0.39, 0.29) is 5.91 Å². The summed E-state index contributed by atoms with van der Waals surface area (Å²) >= 11 is 4.86. The molecule has 2 heterocycles. The SMILES string of the molecule is O=C(Nc1cccc(Br)c1)c1csc2nc(-c3ccccc3)cn12. The van der Waals surface area contributed by atoms with Crippen LogP contribution in [0.25, 0.3) is 16.2 Å². The van der Waals surface area contributed by atoms with Gasteiger partial charge in [0, 0.05) is 27.3 Å². The van der Waals surface area contributed by atoms with E-state index >= 15 is 0 Å². The molecule has 0 aliphatic rings. The molecule has 0 radical (unpaired) electrons. The first-order valence-corrected chi connectivity index (χ1v) is 8.97. The lowest BCUT2D eigenvalue weighted by Crippen LogP contribution is -2.13. The summed E-state index contributed by atoms with van der Waals surface area (Å²) in [6, 6.07) is 17.5. The molecular formula is C18H12BrN3OS. The molecule has 2 aromatic carbocycles. The number of nitrogens with zero attached hydrogens (tertiary/aromatic N) is 2. The Kier molecular flexibility index (Phi) is 3.92. The van der Waals surface area contributed by atoms with Crippen LogP contribution in [0.5, 0.6) is 0 Å². The van der Waals surface area contributed by atoms with Crippen LogP contribution >= 0.6 is 27.3 Å². The van der Waals surface area contributed by atoms with Gasteiger partial charge < -0.3 is 5.32 Å². The maximum Gasteiger partial charge on any atom is 0.273 e. The van der Waals surface area contributed by atoms with E-state index < -0.39 is 0 Å². The number of carbonyl (C=O) groups excluding carboxylic acids is 1. The quantitative estimate of drug-likeness (QED) is 0.523. The molecule has 0 bridgehead atoms. The van der Waals surface area contributed by atoms with E-state index in [0.717, 1.165) is 26.4 Å². The maximum absolute atomic E-state index is 12.6. The molecular weight excluding hydrogens is 386 g/mol. The summed E-state index contributed by atoms with van der Waals surface area (Å²) in [6.07, 6.45) is 1.90. The van der Waals surface area contributed by atoms with Crippen molar-refractivity contribution in [2.24, 2.45) is 0 Å². The number of hydrogen-bond donors (Lipinski definition) is 1. The van der Waals surface area contributed by atoms with Crippen molar-refractivity contribution in [2.45, 2.75) is 0 Å². The Balaban J connectivity index is 1.67. The van der Waals surface area contributed by atoms with Gasteiger partial charge in [0.05, 0.1) is 5.69 Å². The Hall–Kier alpha value is -2.44. The number of imidazole rings is 1. The van der Waals surface area contributed by atoms with Gasteiger partial charge in [0.2, 0.25) is 0 Å². The van der Waals surface area contributed by atoms with E-state index in [0.29, 0.717) is 5.69 Å². The molecule has 6 heteroatoms. The molecule has 2 aromatic heterocycles. The van der Waals surface area contributed by atoms with Crippen LogP contribution in [-0.4, -0.2) is 15.3 Å². The second-order valence-electron chi connectivity index (χ2n) is 5.23. The maximum atomic E-state index is 12.6. The summed E-state index contributed by atoms with van der Waals surface area (Å²) < 4.78 is 2.75. The van der Waals surface area contributed by atoms with E-state index in [9.17, 15) is 4.79 Å². The summed E-state index contributed by atoms with van der Waals surface area (Å²) in [6.45, 7) is 0. The van der Waals surface area contributed by atoms with Crippen LogP contribution in [0.4, 0.5) is 5.69 Å². The van der Waals surface area contributed by atoms with Crippen LogP contribution in [0.2, 0.25) is 0 Å². The van der Waals surface area contributed by atoms with Gasteiger partial charge in [-0.3, -0.25) is 9.20 Å². The molecule has 0 aliphatic heterocycles. The zero-order valence-corrected chi connectivity index (χ0v) is 14.8. The van der Waals surface area contributed by atoms with Gasteiger partial charge >= 0.3 is 0 Å². The molecule has 0 saturated carbocycles. The van der Waals surface area contributed by atoms with Gasteiger partial charge in [-0.1, -0.05) is 52.3 Å². The van der Waals surface area contributed by atoms with Gasteiger partial charge in [-0.25, -0.2) is 4.98 Å². The number of halogens is 1. The zero-order valence-electron chi connectivity index (χ0n) is 12.4. The Morgan fingerprint density at radius 3 is 2.75 bits per heavy atom. The van der Waals surface area contributed by atoms with Crippen molar-refractivity contribution in [2.75, 3.05) is 5.32 Å². The van der Waals surface area contributed by atoms with Crippen LogP contribution in [0.3, 0.4) is 0 Å². The highest BCUT2D eigenvalue weighted by atomic mass is 79.9. The second-order valence-corrected chi connectivity index (χ2v) is 6.98. The van der Waals surface area contributed by atoms with E-state index in [2.05, 4.69) is 26.2 Å². The largest absolute Gasteiger partial charge is 0.321 e. The van der Waals surface area contributed by atoms with Crippen molar-refractivity contribution in [3.63, 3.8) is 0 Å². The monoisotopic (exact) mass is 397 g/mol. The van der Waals surface area contributed by atoms with Gasteiger partial charge in [0.25, 0.3) is 5.91 Å². The number of fused-ring (bicyclic) bond motifs is 1. The minimum absolute atomic E-state index is 0.156. The number of thiazole rings is 1. The number of nitrogens with one attached hydrogen (secondary N) is 1. The smallest absolute Gasteiger partial charge is 0.273 e. The Morgan fingerprint density at radius 2 is 1.96 bits per heavy atom. The molecule has 1 amide bonds. The number of amides is 1. The van der Waals surface area contributed by atoms with Crippen molar-refractivity contribution in [1.29, 1.82) is 0 Å². The first-order valence-electron chi connectivity index (χ1n) is 7.29. The highest BCUT2D eigenvalue weighted by molar-refractivity contribution is 9.10. The average Bonchev–Trinajstić information content (AvgIpc) is 3.16. The van der Waals surface area contributed by atoms with Gasteiger partial charge in [-0.15, -0.1) is 11.3 Å². The van der Waals surface area contributed by atoms with Crippen molar-refractivity contribution in [3.05, 3.63) is 76.3 Å². The zero-order chi connectivity index (χ0) is 16.5. The van der Waals surface area contributed by atoms with Crippen molar-refractivity contribution in [3.8, 4) is 11.3 Å². The summed E-state index contributed by atoms with van der Waals surface area (Å²) in [4.78, 5) is 18.0. The Labute approximate surface area is 150 Å².